The summed E-state index contributed by atoms with van der Waals surface area (Å²) in [7, 11) is 1.65. The number of hydrogen-bond acceptors (Lipinski definition) is 4. The first-order valence-electron chi connectivity index (χ1n) is 10.4. The van der Waals surface area contributed by atoms with Crippen molar-refractivity contribution in [3.8, 4) is 5.75 Å². The molecule has 3 aromatic carbocycles. The van der Waals surface area contributed by atoms with Crippen LogP contribution in [-0.2, 0) is 11.3 Å². The third-order valence-electron chi connectivity index (χ3n) is 5.54. The van der Waals surface area contributed by atoms with Crippen LogP contribution in [0.2, 0.25) is 0 Å². The molecule has 5 heteroatoms. The van der Waals surface area contributed by atoms with Gasteiger partial charge in [-0.05, 0) is 42.7 Å². The maximum absolute atomic E-state index is 13.1. The van der Waals surface area contributed by atoms with E-state index in [0.29, 0.717) is 13.1 Å². The van der Waals surface area contributed by atoms with Gasteiger partial charge in [-0.2, -0.15) is 5.10 Å². The number of hydrogen-bond donors (Lipinski definition) is 0. The lowest BCUT2D eigenvalue weighted by atomic mass is 10.1. The molecule has 0 aromatic heterocycles. The van der Waals surface area contributed by atoms with E-state index in [4.69, 9.17) is 9.84 Å². The number of carbonyl (C=O) groups excluding carboxylic acids is 1. The molecule has 1 amide bonds. The quantitative estimate of drug-likeness (QED) is 0.547. The monoisotopic (exact) mass is 413 g/mol. The second kappa shape index (κ2) is 9.14. The van der Waals surface area contributed by atoms with Crippen LogP contribution in [0.4, 0.5) is 0 Å². The summed E-state index contributed by atoms with van der Waals surface area (Å²) in [6.45, 7) is 4.99. The van der Waals surface area contributed by atoms with Gasteiger partial charge in [-0.3, -0.25) is 9.69 Å². The zero-order chi connectivity index (χ0) is 21.8. The van der Waals surface area contributed by atoms with Gasteiger partial charge in [0.1, 0.15) is 11.9 Å². The Morgan fingerprint density at radius 3 is 2.32 bits per heavy atom. The summed E-state index contributed by atoms with van der Waals surface area (Å²) in [6, 6.07) is 26.3. The number of carbonyl (C=O) groups is 1. The van der Waals surface area contributed by atoms with Crippen molar-refractivity contribution in [3.05, 3.63) is 101 Å². The highest BCUT2D eigenvalue weighted by Crippen LogP contribution is 2.33. The van der Waals surface area contributed by atoms with E-state index in [-0.39, 0.29) is 12.1 Å². The van der Waals surface area contributed by atoms with Gasteiger partial charge in [0.2, 0.25) is 0 Å². The van der Waals surface area contributed by atoms with Crippen molar-refractivity contribution in [1.29, 1.82) is 0 Å². The number of ether oxygens (including phenoxy) is 1. The molecule has 0 unspecified atom stereocenters. The van der Waals surface area contributed by atoms with Gasteiger partial charge in [0.05, 0.1) is 19.4 Å². The molecule has 5 nitrogen and oxygen atoms in total. The lowest BCUT2D eigenvalue weighted by molar-refractivity contribution is -0.128. The van der Waals surface area contributed by atoms with Crippen LogP contribution in [0, 0.1) is 6.92 Å². The van der Waals surface area contributed by atoms with E-state index in [1.807, 2.05) is 61.5 Å². The van der Waals surface area contributed by atoms with Crippen LogP contribution in [0.3, 0.4) is 0 Å². The van der Waals surface area contributed by atoms with Crippen LogP contribution in [0.25, 0.3) is 0 Å². The van der Waals surface area contributed by atoms with Crippen LogP contribution in [0.1, 0.15) is 35.3 Å². The molecule has 158 valence electrons. The van der Waals surface area contributed by atoms with Gasteiger partial charge < -0.3 is 4.74 Å². The Bertz CT molecular complexity index is 1060. The van der Waals surface area contributed by atoms with Gasteiger partial charge in [-0.25, -0.2) is 5.01 Å². The standard InChI is InChI=1S/C26H27N3O2/c1-19-9-11-22(12-10-19)20(2)27-29-25(30)18-28(17-21-7-5-4-6-8-21)26(29)23-13-15-24(31-3)16-14-23/h4-16,26H,17-18H2,1-3H3/b27-20-/t26-/m0/s1. The van der Waals surface area contributed by atoms with Crippen LogP contribution < -0.4 is 4.74 Å². The average Bonchev–Trinajstić information content (AvgIpc) is 3.09. The fraction of sp³-hybridized carbons (Fsp3) is 0.231. The molecule has 0 saturated carbocycles. The normalized spacial score (nSPS) is 17.3. The van der Waals surface area contributed by atoms with E-state index in [1.54, 1.807) is 12.1 Å². The van der Waals surface area contributed by atoms with Gasteiger partial charge in [0, 0.05) is 6.54 Å². The van der Waals surface area contributed by atoms with Crippen molar-refractivity contribution in [1.82, 2.24) is 9.91 Å². The van der Waals surface area contributed by atoms with Crippen LogP contribution in [0.5, 0.6) is 5.75 Å². The summed E-state index contributed by atoms with van der Waals surface area (Å²) in [5, 5.41) is 6.40. The molecule has 1 aliphatic heterocycles. The molecule has 0 radical (unpaired) electrons. The molecule has 31 heavy (non-hydrogen) atoms. The molecular formula is C26H27N3O2. The third kappa shape index (κ3) is 4.67. The first-order chi connectivity index (χ1) is 15.0. The Kier molecular flexibility index (Phi) is 6.14. The van der Waals surface area contributed by atoms with Crippen molar-refractivity contribution >= 4 is 11.6 Å². The molecule has 0 aliphatic carbocycles. The molecule has 1 atom stereocenters. The topological polar surface area (TPSA) is 45.1 Å². The Hall–Kier alpha value is -3.44. The number of benzene rings is 3. The average molecular weight is 414 g/mol. The van der Waals surface area contributed by atoms with E-state index >= 15 is 0 Å². The third-order valence-corrected chi connectivity index (χ3v) is 5.54. The fourth-order valence-corrected chi connectivity index (χ4v) is 3.84. The Morgan fingerprint density at radius 2 is 1.68 bits per heavy atom. The van der Waals surface area contributed by atoms with Crippen molar-refractivity contribution in [2.75, 3.05) is 13.7 Å². The molecule has 0 bridgehead atoms. The SMILES string of the molecule is COc1ccc([C@H]2N(Cc3ccccc3)CC(=O)N2/N=C(/C)c2ccc(C)cc2)cc1. The second-order valence-corrected chi connectivity index (χ2v) is 7.83. The summed E-state index contributed by atoms with van der Waals surface area (Å²) >= 11 is 0. The maximum atomic E-state index is 13.1. The van der Waals surface area contributed by atoms with E-state index in [9.17, 15) is 4.79 Å². The predicted molar refractivity (Wildman–Crippen MR) is 123 cm³/mol. The van der Waals surface area contributed by atoms with E-state index < -0.39 is 0 Å². The number of rotatable bonds is 6. The highest BCUT2D eigenvalue weighted by Gasteiger charge is 2.39. The van der Waals surface area contributed by atoms with Crippen LogP contribution >= 0.6 is 0 Å². The highest BCUT2D eigenvalue weighted by molar-refractivity contribution is 5.99. The van der Waals surface area contributed by atoms with Crippen molar-refractivity contribution in [2.24, 2.45) is 5.10 Å². The Balaban J connectivity index is 1.69. The Morgan fingerprint density at radius 1 is 1.00 bits per heavy atom. The largest absolute Gasteiger partial charge is 0.497 e. The molecule has 1 fully saturated rings. The highest BCUT2D eigenvalue weighted by atomic mass is 16.5. The lowest BCUT2D eigenvalue weighted by Gasteiger charge is -2.28. The number of methoxy groups -OCH3 is 1. The molecule has 1 aliphatic rings. The zero-order valence-corrected chi connectivity index (χ0v) is 18.2. The Labute approximate surface area is 183 Å². The number of amides is 1. The number of aryl methyl sites for hydroxylation is 1. The van der Waals surface area contributed by atoms with Gasteiger partial charge in [-0.1, -0.05) is 72.3 Å². The summed E-state index contributed by atoms with van der Waals surface area (Å²) in [4.78, 5) is 15.2. The van der Waals surface area contributed by atoms with Gasteiger partial charge in [-0.15, -0.1) is 0 Å². The first kappa shape index (κ1) is 20.8. The van der Waals surface area contributed by atoms with Gasteiger partial charge in [0.25, 0.3) is 5.91 Å². The lowest BCUT2D eigenvalue weighted by Crippen LogP contribution is -2.29. The minimum atomic E-state index is -0.279. The molecule has 3 aromatic rings. The molecule has 1 heterocycles. The second-order valence-electron chi connectivity index (χ2n) is 7.83. The molecular weight excluding hydrogens is 386 g/mol. The minimum Gasteiger partial charge on any atom is -0.497 e. The maximum Gasteiger partial charge on any atom is 0.258 e. The molecule has 0 N–H and O–H groups in total. The predicted octanol–water partition coefficient (Wildman–Crippen LogP) is 4.77. The van der Waals surface area contributed by atoms with Crippen molar-refractivity contribution in [2.45, 2.75) is 26.6 Å². The molecule has 0 spiro atoms. The summed E-state index contributed by atoms with van der Waals surface area (Å²) in [5.41, 5.74) is 5.18. The number of hydrazone groups is 1. The molecule has 4 rings (SSSR count). The van der Waals surface area contributed by atoms with Crippen LogP contribution in [-0.4, -0.2) is 35.2 Å². The smallest absolute Gasteiger partial charge is 0.258 e. The minimum absolute atomic E-state index is 0.0109. The summed E-state index contributed by atoms with van der Waals surface area (Å²) in [6.07, 6.45) is -0.279. The fourth-order valence-electron chi connectivity index (χ4n) is 3.84. The van der Waals surface area contributed by atoms with Gasteiger partial charge in [0.15, 0.2) is 0 Å². The van der Waals surface area contributed by atoms with E-state index in [2.05, 4.69) is 36.1 Å². The summed E-state index contributed by atoms with van der Waals surface area (Å²) in [5.74, 6) is 0.775. The number of nitrogens with zero attached hydrogens (tertiary/aromatic N) is 3. The first-order valence-corrected chi connectivity index (χ1v) is 10.4. The van der Waals surface area contributed by atoms with Crippen molar-refractivity contribution in [3.63, 3.8) is 0 Å². The molecule has 1 saturated heterocycles. The summed E-state index contributed by atoms with van der Waals surface area (Å²) < 4.78 is 5.31. The van der Waals surface area contributed by atoms with Gasteiger partial charge >= 0.3 is 0 Å². The van der Waals surface area contributed by atoms with Crippen LogP contribution in [0.15, 0.2) is 84.0 Å². The van der Waals surface area contributed by atoms with E-state index in [1.165, 1.54) is 5.56 Å². The van der Waals surface area contributed by atoms with Crippen molar-refractivity contribution < 1.29 is 9.53 Å². The zero-order valence-electron chi connectivity index (χ0n) is 18.2. The van der Waals surface area contributed by atoms with E-state index in [0.717, 1.165) is 28.2 Å².